The molecule has 1 aromatic rings. The molecule has 1 aliphatic heterocycles. The highest BCUT2D eigenvalue weighted by Gasteiger charge is 2.17. The van der Waals surface area contributed by atoms with Crippen molar-refractivity contribution in [2.24, 2.45) is 0 Å². The summed E-state index contributed by atoms with van der Waals surface area (Å²) in [7, 11) is 2.06. The zero-order chi connectivity index (χ0) is 13.8. The highest BCUT2D eigenvalue weighted by molar-refractivity contribution is 5.90. The van der Waals surface area contributed by atoms with Gasteiger partial charge in [-0.25, -0.2) is 4.79 Å². The summed E-state index contributed by atoms with van der Waals surface area (Å²) in [6.45, 7) is 3.84. The van der Waals surface area contributed by atoms with E-state index in [1.807, 2.05) is 19.1 Å². The first kappa shape index (κ1) is 13.7. The molecule has 2 amide bonds. The lowest BCUT2D eigenvalue weighted by molar-refractivity contribution is 0.192. The van der Waals surface area contributed by atoms with E-state index in [2.05, 4.69) is 23.3 Å². The summed E-state index contributed by atoms with van der Waals surface area (Å²) in [5, 5.41) is 11.8. The lowest BCUT2D eigenvalue weighted by atomic mass is 10.1. The molecule has 0 atom stereocenters. The maximum absolute atomic E-state index is 12.0. The van der Waals surface area contributed by atoms with Gasteiger partial charge in [0.1, 0.15) is 0 Å². The lowest BCUT2D eigenvalue weighted by Gasteiger charge is -2.21. The van der Waals surface area contributed by atoms with Gasteiger partial charge in [-0.1, -0.05) is 6.07 Å². The van der Waals surface area contributed by atoms with Gasteiger partial charge in [0, 0.05) is 38.1 Å². The van der Waals surface area contributed by atoms with E-state index in [-0.39, 0.29) is 12.6 Å². The van der Waals surface area contributed by atoms with Gasteiger partial charge in [-0.05, 0) is 31.0 Å². The van der Waals surface area contributed by atoms with Gasteiger partial charge in [0.15, 0.2) is 0 Å². The third kappa shape index (κ3) is 2.98. The summed E-state index contributed by atoms with van der Waals surface area (Å²) < 4.78 is 0. The number of hydrogen-bond acceptors (Lipinski definition) is 3. The first-order valence-corrected chi connectivity index (χ1v) is 6.66. The van der Waals surface area contributed by atoms with Gasteiger partial charge >= 0.3 is 6.03 Å². The van der Waals surface area contributed by atoms with Crippen molar-refractivity contribution in [3.05, 3.63) is 23.8 Å². The molecule has 1 aliphatic rings. The van der Waals surface area contributed by atoms with E-state index in [0.717, 1.165) is 18.7 Å². The van der Waals surface area contributed by atoms with Gasteiger partial charge in [0.25, 0.3) is 0 Å². The van der Waals surface area contributed by atoms with E-state index >= 15 is 0 Å². The number of aliphatic hydroxyl groups is 1. The van der Waals surface area contributed by atoms with Crippen LogP contribution in [0.5, 0.6) is 0 Å². The second-order valence-corrected chi connectivity index (χ2v) is 4.75. The maximum Gasteiger partial charge on any atom is 0.321 e. The van der Waals surface area contributed by atoms with Crippen LogP contribution in [0.25, 0.3) is 0 Å². The van der Waals surface area contributed by atoms with Crippen molar-refractivity contribution >= 4 is 17.4 Å². The topological polar surface area (TPSA) is 55.8 Å². The number of likely N-dealkylation sites (N-methyl/N-ethyl adjacent to an activating group) is 2. The molecule has 0 fully saturated rings. The van der Waals surface area contributed by atoms with E-state index in [4.69, 9.17) is 5.11 Å². The van der Waals surface area contributed by atoms with Crippen LogP contribution in [0.15, 0.2) is 18.2 Å². The number of hydrogen-bond donors (Lipinski definition) is 2. The van der Waals surface area contributed by atoms with Gasteiger partial charge in [0.2, 0.25) is 0 Å². The first-order valence-electron chi connectivity index (χ1n) is 6.66. The fourth-order valence-electron chi connectivity index (χ4n) is 2.34. The molecule has 0 aromatic heterocycles. The van der Waals surface area contributed by atoms with Crippen LogP contribution < -0.4 is 10.2 Å². The van der Waals surface area contributed by atoms with E-state index in [0.29, 0.717) is 13.1 Å². The average molecular weight is 263 g/mol. The predicted molar refractivity (Wildman–Crippen MR) is 76.8 cm³/mol. The number of rotatable bonds is 4. The summed E-state index contributed by atoms with van der Waals surface area (Å²) in [5.41, 5.74) is 3.31. The molecule has 0 saturated carbocycles. The number of carbonyl (C=O) groups is 1. The van der Waals surface area contributed by atoms with Gasteiger partial charge in [-0.15, -0.1) is 0 Å². The Morgan fingerprint density at radius 2 is 2.32 bits per heavy atom. The van der Waals surface area contributed by atoms with Gasteiger partial charge in [0.05, 0.1) is 6.61 Å². The van der Waals surface area contributed by atoms with Gasteiger partial charge < -0.3 is 20.2 Å². The Morgan fingerprint density at radius 1 is 1.53 bits per heavy atom. The van der Waals surface area contributed by atoms with Crippen molar-refractivity contribution in [1.82, 2.24) is 4.90 Å². The maximum atomic E-state index is 12.0. The summed E-state index contributed by atoms with van der Waals surface area (Å²) in [6, 6.07) is 5.84. The zero-order valence-electron chi connectivity index (χ0n) is 11.5. The second kappa shape index (κ2) is 5.93. The summed E-state index contributed by atoms with van der Waals surface area (Å²) in [5.74, 6) is 0. The zero-order valence-corrected chi connectivity index (χ0v) is 11.5. The largest absolute Gasteiger partial charge is 0.395 e. The summed E-state index contributed by atoms with van der Waals surface area (Å²) in [6.07, 6.45) is 1.06. The van der Waals surface area contributed by atoms with Crippen molar-refractivity contribution in [2.75, 3.05) is 43.5 Å². The van der Waals surface area contributed by atoms with Gasteiger partial charge in [-0.2, -0.15) is 0 Å². The number of nitrogens with zero attached hydrogens (tertiary/aromatic N) is 2. The van der Waals surface area contributed by atoms with Gasteiger partial charge in [-0.3, -0.25) is 0 Å². The molecule has 0 spiro atoms. The number of carbonyl (C=O) groups excluding carboxylic acids is 1. The molecule has 2 N–H and O–H groups in total. The van der Waals surface area contributed by atoms with E-state index in [9.17, 15) is 4.79 Å². The molecule has 104 valence electrons. The Balaban J connectivity index is 2.07. The number of fused-ring (bicyclic) bond motifs is 1. The SMILES string of the molecule is CCN(CCO)C(=O)Nc1ccc2c(c1)N(C)CC2. The predicted octanol–water partition coefficient (Wildman–Crippen LogP) is 1.53. The Bertz CT molecular complexity index is 462. The Hall–Kier alpha value is -1.75. The molecule has 0 radical (unpaired) electrons. The first-order chi connectivity index (χ1) is 9.15. The molecule has 2 rings (SSSR count). The smallest absolute Gasteiger partial charge is 0.321 e. The van der Waals surface area contributed by atoms with Crippen LogP contribution in [0.2, 0.25) is 0 Å². The fourth-order valence-corrected chi connectivity index (χ4v) is 2.34. The minimum atomic E-state index is -0.169. The van der Waals surface area contributed by atoms with Crippen LogP contribution in [0.1, 0.15) is 12.5 Å². The Morgan fingerprint density at radius 3 is 3.00 bits per heavy atom. The molecule has 1 aromatic carbocycles. The second-order valence-electron chi connectivity index (χ2n) is 4.75. The number of benzene rings is 1. The van der Waals surface area contributed by atoms with Crippen LogP contribution in [-0.2, 0) is 6.42 Å². The fraction of sp³-hybridized carbons (Fsp3) is 0.500. The number of amides is 2. The molecule has 1 heterocycles. The Labute approximate surface area is 113 Å². The van der Waals surface area contributed by atoms with Crippen molar-refractivity contribution < 1.29 is 9.90 Å². The van der Waals surface area contributed by atoms with E-state index in [1.165, 1.54) is 11.3 Å². The van der Waals surface area contributed by atoms with Crippen LogP contribution in [0.3, 0.4) is 0 Å². The molecular formula is C14H21N3O2. The summed E-state index contributed by atoms with van der Waals surface area (Å²) >= 11 is 0. The number of aliphatic hydroxyl groups excluding tert-OH is 1. The Kier molecular flexibility index (Phi) is 4.27. The molecule has 0 saturated heterocycles. The number of urea groups is 1. The van der Waals surface area contributed by atoms with E-state index < -0.39 is 0 Å². The number of anilines is 2. The van der Waals surface area contributed by atoms with Crippen LogP contribution in [0, 0.1) is 0 Å². The number of nitrogens with one attached hydrogen (secondary N) is 1. The minimum Gasteiger partial charge on any atom is -0.395 e. The third-order valence-electron chi connectivity index (χ3n) is 3.50. The highest BCUT2D eigenvalue weighted by atomic mass is 16.3. The van der Waals surface area contributed by atoms with Crippen molar-refractivity contribution in [1.29, 1.82) is 0 Å². The standard InChI is InChI=1S/C14H21N3O2/c1-3-17(8-9-18)14(19)15-12-5-4-11-6-7-16(2)13(11)10-12/h4-5,10,18H,3,6-9H2,1-2H3,(H,15,19). The van der Waals surface area contributed by atoms with Crippen LogP contribution in [-0.4, -0.2) is 49.3 Å². The minimum absolute atomic E-state index is 0.0197. The third-order valence-corrected chi connectivity index (χ3v) is 3.50. The quantitative estimate of drug-likeness (QED) is 0.866. The molecule has 5 nitrogen and oxygen atoms in total. The normalized spacial score (nSPS) is 13.3. The van der Waals surface area contributed by atoms with Crippen LogP contribution >= 0.6 is 0 Å². The lowest BCUT2D eigenvalue weighted by Crippen LogP contribution is -2.36. The summed E-state index contributed by atoms with van der Waals surface area (Å²) in [4.78, 5) is 15.8. The van der Waals surface area contributed by atoms with Crippen molar-refractivity contribution in [3.63, 3.8) is 0 Å². The van der Waals surface area contributed by atoms with Crippen LogP contribution in [0.4, 0.5) is 16.2 Å². The molecule has 0 bridgehead atoms. The molecule has 5 heteroatoms. The monoisotopic (exact) mass is 263 g/mol. The highest BCUT2D eigenvalue weighted by Crippen LogP contribution is 2.29. The average Bonchev–Trinajstić information content (AvgIpc) is 2.77. The van der Waals surface area contributed by atoms with Crippen molar-refractivity contribution in [2.45, 2.75) is 13.3 Å². The molecule has 0 unspecified atom stereocenters. The molecule has 19 heavy (non-hydrogen) atoms. The van der Waals surface area contributed by atoms with E-state index in [1.54, 1.807) is 4.90 Å². The van der Waals surface area contributed by atoms with Crippen molar-refractivity contribution in [3.8, 4) is 0 Å². The molecular weight excluding hydrogens is 242 g/mol. The molecule has 0 aliphatic carbocycles.